The summed E-state index contributed by atoms with van der Waals surface area (Å²) in [4.78, 5) is 11.3. The quantitative estimate of drug-likeness (QED) is 0.528. The van der Waals surface area contributed by atoms with Crippen LogP contribution in [0.4, 0.5) is 5.69 Å². The van der Waals surface area contributed by atoms with Gasteiger partial charge in [0.1, 0.15) is 11.9 Å². The summed E-state index contributed by atoms with van der Waals surface area (Å²) in [6.45, 7) is 3.99. The van der Waals surface area contributed by atoms with E-state index in [0.29, 0.717) is 11.4 Å². The van der Waals surface area contributed by atoms with Crippen LogP contribution >= 0.6 is 0 Å². The van der Waals surface area contributed by atoms with Crippen LogP contribution in [-0.2, 0) is 21.2 Å². The van der Waals surface area contributed by atoms with E-state index in [2.05, 4.69) is 13.0 Å². The fourth-order valence-corrected chi connectivity index (χ4v) is 5.76. The van der Waals surface area contributed by atoms with Crippen LogP contribution in [0.3, 0.4) is 0 Å². The van der Waals surface area contributed by atoms with Crippen LogP contribution in [0, 0.1) is 6.92 Å². The molecular weight excluding hydrogens is 438 g/mol. The Morgan fingerprint density at radius 3 is 2.61 bits per heavy atom. The number of aliphatic carboxylic acids is 1. The van der Waals surface area contributed by atoms with Crippen LogP contribution in [-0.4, -0.2) is 32.1 Å². The van der Waals surface area contributed by atoms with Gasteiger partial charge >= 0.3 is 5.97 Å². The number of ether oxygens (including phenoxy) is 1. The third-order valence-corrected chi connectivity index (χ3v) is 7.63. The average molecular weight is 466 g/mol. The number of aryl methyl sites for hydroxylation is 2. The molecule has 7 heteroatoms. The molecular formula is C26H27NO5S. The molecule has 0 bridgehead atoms. The zero-order chi connectivity index (χ0) is 23.6. The van der Waals surface area contributed by atoms with Crippen molar-refractivity contribution in [3.8, 4) is 16.9 Å². The van der Waals surface area contributed by atoms with Gasteiger partial charge in [-0.25, -0.2) is 8.42 Å². The van der Waals surface area contributed by atoms with Gasteiger partial charge in [-0.05, 0) is 66.3 Å². The van der Waals surface area contributed by atoms with E-state index in [1.54, 1.807) is 24.3 Å². The van der Waals surface area contributed by atoms with Crippen molar-refractivity contribution in [1.29, 1.82) is 0 Å². The molecule has 0 aliphatic carbocycles. The number of sulfonamides is 1. The molecule has 1 N–H and O–H groups in total. The van der Waals surface area contributed by atoms with E-state index in [4.69, 9.17) is 9.84 Å². The van der Waals surface area contributed by atoms with Gasteiger partial charge < -0.3 is 9.84 Å². The Labute approximate surface area is 194 Å². The molecule has 6 nitrogen and oxygen atoms in total. The fourth-order valence-electron chi connectivity index (χ4n) is 4.16. The zero-order valence-electron chi connectivity index (χ0n) is 18.7. The van der Waals surface area contributed by atoms with Gasteiger partial charge in [-0.1, -0.05) is 49.4 Å². The number of hydrogen-bond acceptors (Lipinski definition) is 4. The number of carboxylic acid groups (broad SMARTS) is 1. The first kappa shape index (κ1) is 22.9. The van der Waals surface area contributed by atoms with Crippen LogP contribution in [0.5, 0.6) is 5.75 Å². The molecule has 0 radical (unpaired) electrons. The number of nitrogens with zero attached hydrogens (tertiary/aromatic N) is 1. The molecule has 1 aliphatic heterocycles. The van der Waals surface area contributed by atoms with Crippen LogP contribution in [0.2, 0.25) is 0 Å². The number of rotatable bonds is 7. The van der Waals surface area contributed by atoms with E-state index < -0.39 is 22.1 Å². The van der Waals surface area contributed by atoms with Crippen molar-refractivity contribution >= 4 is 21.7 Å². The summed E-state index contributed by atoms with van der Waals surface area (Å²) in [5, 5.41) is 9.10. The second-order valence-electron chi connectivity index (χ2n) is 8.22. The molecule has 3 aromatic carbocycles. The Morgan fingerprint density at radius 2 is 1.88 bits per heavy atom. The molecule has 3 aromatic rings. The summed E-state index contributed by atoms with van der Waals surface area (Å²) in [5.41, 5.74) is 4.43. The normalized spacial score (nSPS) is 15.6. The Morgan fingerprint density at radius 1 is 1.09 bits per heavy atom. The lowest BCUT2D eigenvalue weighted by Gasteiger charge is -2.36. The van der Waals surface area contributed by atoms with Gasteiger partial charge in [0.15, 0.2) is 0 Å². The maximum absolute atomic E-state index is 13.7. The molecule has 1 aliphatic rings. The Bertz CT molecular complexity index is 1290. The molecule has 172 valence electrons. The molecule has 0 saturated carbocycles. The van der Waals surface area contributed by atoms with Gasteiger partial charge in [-0.3, -0.25) is 9.10 Å². The van der Waals surface area contributed by atoms with Crippen LogP contribution in [0.25, 0.3) is 11.1 Å². The number of hydrogen-bond donors (Lipinski definition) is 1. The molecule has 1 atom stereocenters. The lowest BCUT2D eigenvalue weighted by Crippen LogP contribution is -2.43. The maximum Gasteiger partial charge on any atom is 0.303 e. The van der Waals surface area contributed by atoms with Gasteiger partial charge in [-0.2, -0.15) is 0 Å². The summed E-state index contributed by atoms with van der Waals surface area (Å²) in [5.74, 6) is -0.505. The van der Waals surface area contributed by atoms with Crippen molar-refractivity contribution < 1.29 is 23.1 Å². The molecule has 0 saturated heterocycles. The molecule has 0 spiro atoms. The van der Waals surface area contributed by atoms with Gasteiger partial charge in [0.05, 0.1) is 17.1 Å². The highest BCUT2D eigenvalue weighted by molar-refractivity contribution is 7.92. The maximum atomic E-state index is 13.7. The summed E-state index contributed by atoms with van der Waals surface area (Å²) in [6.07, 6.45) is 0.420. The lowest BCUT2D eigenvalue weighted by atomic mass is 9.97. The molecule has 0 aromatic heterocycles. The largest absolute Gasteiger partial charge is 0.486 e. The number of carboxylic acids is 1. The highest BCUT2D eigenvalue weighted by Crippen LogP contribution is 2.41. The Kier molecular flexibility index (Phi) is 6.42. The molecule has 33 heavy (non-hydrogen) atoms. The minimum atomic E-state index is -3.88. The SMILES string of the molecule is CCc1ccccc1-c1ccc2c(c1)N(S(=O)(=O)c1cccc(C)c1)C[C@H](CCC(=O)O)O2. The predicted molar refractivity (Wildman–Crippen MR) is 128 cm³/mol. The van der Waals surface area contributed by atoms with Crippen molar-refractivity contribution in [3.63, 3.8) is 0 Å². The standard InChI is InChI=1S/C26H27NO5S/c1-3-19-8-4-5-10-23(19)20-11-13-25-24(16-20)27(17-21(32-25)12-14-26(28)29)33(30,31)22-9-6-7-18(2)15-22/h4-11,13,15-16,21H,3,12,14,17H2,1-2H3,(H,28,29)/t21-/m0/s1. The van der Waals surface area contributed by atoms with E-state index in [1.165, 1.54) is 9.87 Å². The van der Waals surface area contributed by atoms with Gasteiger partial charge in [-0.15, -0.1) is 0 Å². The van der Waals surface area contributed by atoms with E-state index in [-0.39, 0.29) is 24.3 Å². The summed E-state index contributed by atoms with van der Waals surface area (Å²) >= 11 is 0. The molecule has 0 unspecified atom stereocenters. The van der Waals surface area contributed by atoms with Crippen molar-refractivity contribution in [3.05, 3.63) is 77.9 Å². The topological polar surface area (TPSA) is 83.9 Å². The number of fused-ring (bicyclic) bond motifs is 1. The first-order valence-electron chi connectivity index (χ1n) is 11.0. The molecule has 4 rings (SSSR count). The Balaban J connectivity index is 1.82. The third kappa shape index (κ3) is 4.73. The summed E-state index contributed by atoms with van der Waals surface area (Å²) in [6, 6.07) is 20.4. The van der Waals surface area contributed by atoms with Gasteiger partial charge in [0, 0.05) is 6.42 Å². The Hall–Kier alpha value is -3.32. The van der Waals surface area contributed by atoms with Crippen LogP contribution in [0.15, 0.2) is 71.6 Å². The minimum Gasteiger partial charge on any atom is -0.486 e. The monoisotopic (exact) mass is 465 g/mol. The van der Waals surface area contributed by atoms with E-state index in [1.807, 2.05) is 43.3 Å². The first-order chi connectivity index (χ1) is 15.8. The molecule has 0 amide bonds. The zero-order valence-corrected chi connectivity index (χ0v) is 19.5. The smallest absolute Gasteiger partial charge is 0.303 e. The number of benzene rings is 3. The number of anilines is 1. The van der Waals surface area contributed by atoms with E-state index in [9.17, 15) is 13.2 Å². The van der Waals surface area contributed by atoms with Crippen molar-refractivity contribution in [1.82, 2.24) is 0 Å². The number of carbonyl (C=O) groups is 1. The summed E-state index contributed by atoms with van der Waals surface area (Å²) in [7, 11) is -3.88. The van der Waals surface area contributed by atoms with Crippen molar-refractivity contribution in [2.45, 2.75) is 44.1 Å². The molecule has 0 fully saturated rings. The fraction of sp³-hybridized carbons (Fsp3) is 0.269. The van der Waals surface area contributed by atoms with Crippen molar-refractivity contribution in [2.75, 3.05) is 10.8 Å². The van der Waals surface area contributed by atoms with Gasteiger partial charge in [0.25, 0.3) is 10.0 Å². The molecule has 1 heterocycles. The van der Waals surface area contributed by atoms with Crippen molar-refractivity contribution in [2.24, 2.45) is 0 Å². The second kappa shape index (κ2) is 9.27. The highest BCUT2D eigenvalue weighted by atomic mass is 32.2. The van der Waals surface area contributed by atoms with Crippen LogP contribution in [0.1, 0.15) is 30.9 Å². The second-order valence-corrected chi connectivity index (χ2v) is 10.1. The average Bonchev–Trinajstić information content (AvgIpc) is 2.81. The summed E-state index contributed by atoms with van der Waals surface area (Å²) < 4.78 is 34.8. The minimum absolute atomic E-state index is 0.0510. The predicted octanol–water partition coefficient (Wildman–Crippen LogP) is 5.05. The first-order valence-corrected chi connectivity index (χ1v) is 12.4. The van der Waals surface area contributed by atoms with Crippen LogP contribution < -0.4 is 9.04 Å². The van der Waals surface area contributed by atoms with E-state index >= 15 is 0 Å². The lowest BCUT2D eigenvalue weighted by molar-refractivity contribution is -0.137. The third-order valence-electron chi connectivity index (χ3n) is 5.86. The highest BCUT2D eigenvalue weighted by Gasteiger charge is 2.35. The van der Waals surface area contributed by atoms with Gasteiger partial charge in [0.2, 0.25) is 0 Å². The van der Waals surface area contributed by atoms with E-state index in [0.717, 1.165) is 23.1 Å².